The number of anilines is 1. The molecule has 0 atom stereocenters. The number of hydrogen-bond acceptors (Lipinski definition) is 4. The molecule has 1 heterocycles. The van der Waals surface area contributed by atoms with Gasteiger partial charge >= 0.3 is 0 Å². The predicted molar refractivity (Wildman–Crippen MR) is 115 cm³/mol. The lowest BCUT2D eigenvalue weighted by molar-refractivity contribution is 0.598. The van der Waals surface area contributed by atoms with Gasteiger partial charge < -0.3 is 10.6 Å². The molecular formula is C22H22N4O2S. The minimum absolute atomic E-state index is 0.0764. The molecule has 0 saturated heterocycles. The van der Waals surface area contributed by atoms with E-state index in [-0.39, 0.29) is 10.7 Å². The Morgan fingerprint density at radius 1 is 1.03 bits per heavy atom. The molecule has 148 valence electrons. The zero-order valence-electron chi connectivity index (χ0n) is 15.8. The Bertz CT molecular complexity index is 1200. The number of benzene rings is 3. The Balaban J connectivity index is 1.64. The summed E-state index contributed by atoms with van der Waals surface area (Å²) in [6.07, 6.45) is 0.907. The van der Waals surface area contributed by atoms with Crippen LogP contribution in [0.5, 0.6) is 0 Å². The van der Waals surface area contributed by atoms with Gasteiger partial charge in [0.05, 0.1) is 4.90 Å². The summed E-state index contributed by atoms with van der Waals surface area (Å²) in [6.45, 7) is 1.59. The summed E-state index contributed by atoms with van der Waals surface area (Å²) >= 11 is 0. The Labute approximate surface area is 170 Å². The Kier molecular flexibility index (Phi) is 4.86. The van der Waals surface area contributed by atoms with E-state index in [0.29, 0.717) is 12.1 Å². The van der Waals surface area contributed by atoms with Crippen LogP contribution in [0.2, 0.25) is 0 Å². The number of nitrogens with zero attached hydrogens (tertiary/aromatic N) is 1. The molecule has 0 saturated carbocycles. The second-order valence-corrected chi connectivity index (χ2v) is 8.70. The number of fused-ring (bicyclic) bond motifs is 1. The molecule has 0 spiro atoms. The van der Waals surface area contributed by atoms with Crippen molar-refractivity contribution in [2.45, 2.75) is 17.9 Å². The number of nitrogens with two attached hydrogens (primary N) is 2. The Morgan fingerprint density at radius 2 is 1.83 bits per heavy atom. The number of sulfonamides is 1. The molecule has 0 aliphatic carbocycles. The lowest BCUT2D eigenvalue weighted by Gasteiger charge is -2.20. The van der Waals surface area contributed by atoms with Crippen LogP contribution in [0.25, 0.3) is 11.1 Å². The highest BCUT2D eigenvalue weighted by molar-refractivity contribution is 7.89. The molecule has 5 N–H and O–H groups in total. The number of nitrogen functional groups attached to an aromatic ring is 1. The normalized spacial score (nSPS) is 13.3. The van der Waals surface area contributed by atoms with Gasteiger partial charge in [0.25, 0.3) is 0 Å². The molecule has 1 aliphatic heterocycles. The van der Waals surface area contributed by atoms with E-state index in [1.54, 1.807) is 18.2 Å². The van der Waals surface area contributed by atoms with Crippen molar-refractivity contribution in [3.63, 3.8) is 0 Å². The third-order valence-corrected chi connectivity index (χ3v) is 6.16. The van der Waals surface area contributed by atoms with Gasteiger partial charge in [-0.1, -0.05) is 36.4 Å². The van der Waals surface area contributed by atoms with Crippen LogP contribution in [-0.4, -0.2) is 20.8 Å². The number of amidine groups is 1. The van der Waals surface area contributed by atoms with Gasteiger partial charge in [0.2, 0.25) is 10.0 Å². The Morgan fingerprint density at radius 3 is 2.59 bits per heavy atom. The van der Waals surface area contributed by atoms with Gasteiger partial charge in [-0.2, -0.15) is 0 Å². The highest BCUT2D eigenvalue weighted by Gasteiger charge is 2.20. The first-order valence-corrected chi connectivity index (χ1v) is 10.8. The van der Waals surface area contributed by atoms with Crippen molar-refractivity contribution in [2.75, 3.05) is 11.4 Å². The van der Waals surface area contributed by atoms with E-state index in [1.807, 2.05) is 42.5 Å². The Hall–Kier alpha value is -3.16. The zero-order chi connectivity index (χ0) is 20.6. The van der Waals surface area contributed by atoms with E-state index >= 15 is 0 Å². The molecule has 3 aromatic rings. The van der Waals surface area contributed by atoms with Crippen molar-refractivity contribution in [3.05, 3.63) is 83.4 Å². The summed E-state index contributed by atoms with van der Waals surface area (Å²) in [7, 11) is -3.81. The number of hydrogen-bond donors (Lipinski definition) is 3. The number of primary sulfonamides is 1. The van der Waals surface area contributed by atoms with Crippen molar-refractivity contribution < 1.29 is 8.42 Å². The lowest BCUT2D eigenvalue weighted by atomic mass is 10.0. The summed E-state index contributed by atoms with van der Waals surface area (Å²) in [5.74, 6) is 0.0764. The summed E-state index contributed by atoms with van der Waals surface area (Å²) in [6, 6.07) is 20.5. The topological polar surface area (TPSA) is 113 Å². The molecule has 29 heavy (non-hydrogen) atoms. The van der Waals surface area contributed by atoms with Crippen molar-refractivity contribution >= 4 is 21.5 Å². The third-order valence-electron chi connectivity index (χ3n) is 5.19. The van der Waals surface area contributed by atoms with Gasteiger partial charge in [-0.15, -0.1) is 0 Å². The molecule has 0 amide bonds. The molecule has 1 aliphatic rings. The number of rotatable bonds is 5. The van der Waals surface area contributed by atoms with Gasteiger partial charge in [0.15, 0.2) is 0 Å². The van der Waals surface area contributed by atoms with Gasteiger partial charge in [0, 0.05) is 29.9 Å². The van der Waals surface area contributed by atoms with E-state index < -0.39 is 10.0 Å². The van der Waals surface area contributed by atoms with Crippen LogP contribution in [0.15, 0.2) is 71.6 Å². The van der Waals surface area contributed by atoms with Crippen molar-refractivity contribution in [1.29, 1.82) is 5.41 Å². The molecule has 6 nitrogen and oxygen atoms in total. The average Bonchev–Trinajstić information content (AvgIpc) is 3.09. The van der Waals surface area contributed by atoms with Gasteiger partial charge in [-0.25, -0.2) is 13.6 Å². The lowest BCUT2D eigenvalue weighted by Crippen LogP contribution is -2.19. The SMILES string of the molecule is N=C(N)c1ccc2c(c1)CCN2Cc1cccc(-c2ccccc2S(N)(=O)=O)c1. The van der Waals surface area contributed by atoms with E-state index in [4.69, 9.17) is 16.3 Å². The largest absolute Gasteiger partial charge is 0.384 e. The van der Waals surface area contributed by atoms with Crippen molar-refractivity contribution in [3.8, 4) is 11.1 Å². The van der Waals surface area contributed by atoms with Crippen molar-refractivity contribution in [2.24, 2.45) is 10.9 Å². The monoisotopic (exact) mass is 406 g/mol. The van der Waals surface area contributed by atoms with Gasteiger partial charge in [-0.3, -0.25) is 5.41 Å². The smallest absolute Gasteiger partial charge is 0.238 e. The fraction of sp³-hybridized carbons (Fsp3) is 0.136. The zero-order valence-corrected chi connectivity index (χ0v) is 16.6. The van der Waals surface area contributed by atoms with E-state index in [1.165, 1.54) is 11.6 Å². The summed E-state index contributed by atoms with van der Waals surface area (Å²) in [5, 5.41) is 13.0. The first kappa shape index (κ1) is 19.2. The molecule has 0 radical (unpaired) electrons. The van der Waals surface area contributed by atoms with Gasteiger partial charge in [0.1, 0.15) is 5.84 Å². The summed E-state index contributed by atoms with van der Waals surface area (Å²) in [4.78, 5) is 2.41. The summed E-state index contributed by atoms with van der Waals surface area (Å²) in [5.41, 5.74) is 11.2. The van der Waals surface area contributed by atoms with E-state index in [0.717, 1.165) is 35.3 Å². The maximum absolute atomic E-state index is 11.9. The van der Waals surface area contributed by atoms with Crippen LogP contribution < -0.4 is 15.8 Å². The number of nitrogens with one attached hydrogen (secondary N) is 1. The molecule has 0 bridgehead atoms. The minimum Gasteiger partial charge on any atom is -0.384 e. The second kappa shape index (κ2) is 7.35. The minimum atomic E-state index is -3.81. The van der Waals surface area contributed by atoms with E-state index in [9.17, 15) is 8.42 Å². The average molecular weight is 407 g/mol. The third kappa shape index (κ3) is 3.87. The van der Waals surface area contributed by atoms with Crippen LogP contribution in [0.1, 0.15) is 16.7 Å². The van der Waals surface area contributed by atoms with Crippen LogP contribution in [-0.2, 0) is 23.0 Å². The quantitative estimate of drug-likeness (QED) is 0.446. The predicted octanol–water partition coefficient (Wildman–Crippen LogP) is 2.85. The van der Waals surface area contributed by atoms with Crippen LogP contribution in [0.4, 0.5) is 5.69 Å². The van der Waals surface area contributed by atoms with E-state index in [2.05, 4.69) is 4.90 Å². The molecule has 3 aromatic carbocycles. The van der Waals surface area contributed by atoms with Crippen LogP contribution in [0.3, 0.4) is 0 Å². The fourth-order valence-corrected chi connectivity index (χ4v) is 4.57. The molecule has 0 fully saturated rings. The molecule has 4 rings (SSSR count). The van der Waals surface area contributed by atoms with Crippen LogP contribution >= 0.6 is 0 Å². The molecule has 0 unspecified atom stereocenters. The molecule has 0 aromatic heterocycles. The van der Waals surface area contributed by atoms with Crippen LogP contribution in [0, 0.1) is 5.41 Å². The second-order valence-electron chi connectivity index (χ2n) is 7.17. The summed E-state index contributed by atoms with van der Waals surface area (Å²) < 4.78 is 23.9. The molecule has 7 heteroatoms. The molecular weight excluding hydrogens is 384 g/mol. The maximum Gasteiger partial charge on any atom is 0.238 e. The maximum atomic E-state index is 11.9. The standard InChI is InChI=1S/C22H22N4O2S/c23-22(24)18-8-9-20-17(13-18)10-11-26(20)14-15-4-3-5-16(12-15)19-6-1-2-7-21(19)29(25,27)28/h1-9,12-13H,10-11,14H2,(H3,23,24)(H2,25,27,28). The van der Waals surface area contributed by atoms with Gasteiger partial charge in [-0.05, 0) is 53.4 Å². The van der Waals surface area contributed by atoms with Crippen molar-refractivity contribution in [1.82, 2.24) is 0 Å². The first-order valence-electron chi connectivity index (χ1n) is 9.26. The fourth-order valence-electron chi connectivity index (χ4n) is 3.81. The highest BCUT2D eigenvalue weighted by Crippen LogP contribution is 2.32. The first-order chi connectivity index (χ1) is 13.8. The highest BCUT2D eigenvalue weighted by atomic mass is 32.2.